The lowest BCUT2D eigenvalue weighted by molar-refractivity contribution is -0.144. The second-order valence-corrected chi connectivity index (χ2v) is 3.50. The fraction of sp³-hybridized carbons (Fsp3) is 0.167. The molecule has 0 spiro atoms. The van der Waals surface area contributed by atoms with Gasteiger partial charge in [-0.05, 0) is 6.07 Å². The van der Waals surface area contributed by atoms with Crippen molar-refractivity contribution in [3.05, 3.63) is 48.4 Å². The summed E-state index contributed by atoms with van der Waals surface area (Å²) in [6.45, 7) is 3.51. The van der Waals surface area contributed by atoms with Crippen molar-refractivity contribution in [2.24, 2.45) is 0 Å². The summed E-state index contributed by atoms with van der Waals surface area (Å²) in [6.07, 6.45) is -2.72. The molecule has 2 aromatic rings. The van der Waals surface area contributed by atoms with Crippen LogP contribution in [0.3, 0.4) is 0 Å². The van der Waals surface area contributed by atoms with E-state index in [1.54, 1.807) is 24.3 Å². The van der Waals surface area contributed by atoms with Crippen molar-refractivity contribution >= 4 is 10.9 Å². The Morgan fingerprint density at radius 3 is 2.53 bits per heavy atom. The summed E-state index contributed by atoms with van der Waals surface area (Å²) in [6, 6.07) is 6.63. The number of nitrogens with zero attached hydrogens (tertiary/aromatic N) is 2. The Kier molecular flexibility index (Phi) is 2.83. The molecule has 0 aliphatic heterocycles. The zero-order valence-corrected chi connectivity index (χ0v) is 8.83. The van der Waals surface area contributed by atoms with Gasteiger partial charge in [-0.15, -0.1) is 6.58 Å². The number of para-hydroxylation sites is 1. The molecule has 0 bridgehead atoms. The van der Waals surface area contributed by atoms with Gasteiger partial charge in [-0.25, -0.2) is 9.97 Å². The molecule has 0 amide bonds. The molecule has 2 nitrogen and oxygen atoms in total. The van der Waals surface area contributed by atoms with Crippen LogP contribution < -0.4 is 0 Å². The van der Waals surface area contributed by atoms with E-state index in [4.69, 9.17) is 0 Å². The van der Waals surface area contributed by atoms with E-state index in [0.29, 0.717) is 16.6 Å². The average Bonchev–Trinajstić information content (AvgIpc) is 2.28. The van der Waals surface area contributed by atoms with E-state index in [1.165, 1.54) is 6.08 Å². The zero-order valence-electron chi connectivity index (χ0n) is 8.83. The Labute approximate surface area is 95.8 Å². The minimum Gasteiger partial charge on any atom is -0.228 e. The van der Waals surface area contributed by atoms with E-state index in [9.17, 15) is 13.2 Å². The number of benzene rings is 1. The van der Waals surface area contributed by atoms with Crippen LogP contribution in [0, 0.1) is 0 Å². The number of aromatic nitrogens is 2. The monoisotopic (exact) mass is 238 g/mol. The van der Waals surface area contributed by atoms with Crippen LogP contribution in [0.1, 0.15) is 11.5 Å². The summed E-state index contributed by atoms with van der Waals surface area (Å²) in [7, 11) is 0. The third-order valence-corrected chi connectivity index (χ3v) is 2.27. The number of allylic oxidation sites excluding steroid dienone is 1. The lowest BCUT2D eigenvalue weighted by Gasteiger charge is -2.09. The van der Waals surface area contributed by atoms with Gasteiger partial charge in [0.2, 0.25) is 5.82 Å². The molecule has 0 saturated heterocycles. The summed E-state index contributed by atoms with van der Waals surface area (Å²) in [5.41, 5.74) is 0.643. The predicted octanol–water partition coefficient (Wildman–Crippen LogP) is 3.38. The van der Waals surface area contributed by atoms with Crippen LogP contribution in [-0.2, 0) is 12.6 Å². The summed E-state index contributed by atoms with van der Waals surface area (Å²) in [5.74, 6) is -1.10. The van der Waals surface area contributed by atoms with Crippen molar-refractivity contribution in [3.63, 3.8) is 0 Å². The quantitative estimate of drug-likeness (QED) is 0.749. The van der Waals surface area contributed by atoms with Crippen molar-refractivity contribution in [2.75, 3.05) is 0 Å². The molecule has 5 heteroatoms. The first-order valence-corrected chi connectivity index (χ1v) is 4.96. The highest BCUT2D eigenvalue weighted by Gasteiger charge is 2.35. The number of halogens is 3. The molecule has 0 unspecified atom stereocenters. The molecule has 0 saturated carbocycles. The van der Waals surface area contributed by atoms with Crippen LogP contribution in [0.4, 0.5) is 13.2 Å². The van der Waals surface area contributed by atoms with Gasteiger partial charge in [-0.1, -0.05) is 24.3 Å². The van der Waals surface area contributed by atoms with Gasteiger partial charge < -0.3 is 0 Å². The maximum Gasteiger partial charge on any atom is 0.451 e. The van der Waals surface area contributed by atoms with Gasteiger partial charge in [0.05, 0.1) is 11.2 Å². The van der Waals surface area contributed by atoms with E-state index in [-0.39, 0.29) is 6.42 Å². The normalized spacial score (nSPS) is 11.7. The van der Waals surface area contributed by atoms with Gasteiger partial charge in [-0.3, -0.25) is 0 Å². The van der Waals surface area contributed by atoms with Gasteiger partial charge >= 0.3 is 6.18 Å². The summed E-state index contributed by atoms with van der Waals surface area (Å²) >= 11 is 0. The van der Waals surface area contributed by atoms with Gasteiger partial charge in [0.1, 0.15) is 0 Å². The molecule has 0 radical (unpaired) electrons. The molecular weight excluding hydrogens is 229 g/mol. The lowest BCUT2D eigenvalue weighted by atomic mass is 10.1. The molecule has 1 aromatic heterocycles. The van der Waals surface area contributed by atoms with E-state index < -0.39 is 12.0 Å². The number of alkyl halides is 3. The molecule has 1 heterocycles. The fourth-order valence-electron chi connectivity index (χ4n) is 1.56. The van der Waals surface area contributed by atoms with Crippen LogP contribution in [0.5, 0.6) is 0 Å². The molecule has 0 N–H and O–H groups in total. The molecule has 2 rings (SSSR count). The van der Waals surface area contributed by atoms with Gasteiger partial charge in [-0.2, -0.15) is 13.2 Å². The summed E-state index contributed by atoms with van der Waals surface area (Å²) < 4.78 is 37.8. The number of hydrogen-bond acceptors (Lipinski definition) is 2. The molecule has 0 aliphatic carbocycles. The van der Waals surface area contributed by atoms with E-state index >= 15 is 0 Å². The number of rotatable bonds is 2. The Balaban J connectivity index is 2.71. The van der Waals surface area contributed by atoms with Gasteiger partial charge in [0.15, 0.2) is 0 Å². The molecule has 88 valence electrons. The van der Waals surface area contributed by atoms with Crippen LogP contribution >= 0.6 is 0 Å². The van der Waals surface area contributed by atoms with Gasteiger partial charge in [0, 0.05) is 11.8 Å². The smallest absolute Gasteiger partial charge is 0.228 e. The van der Waals surface area contributed by atoms with E-state index in [2.05, 4.69) is 16.5 Å². The maximum atomic E-state index is 12.6. The molecule has 0 aliphatic rings. The van der Waals surface area contributed by atoms with Gasteiger partial charge in [0.25, 0.3) is 0 Å². The van der Waals surface area contributed by atoms with Crippen molar-refractivity contribution < 1.29 is 13.2 Å². The van der Waals surface area contributed by atoms with Crippen LogP contribution in [0.2, 0.25) is 0 Å². The van der Waals surface area contributed by atoms with Crippen molar-refractivity contribution in [1.82, 2.24) is 9.97 Å². The highest BCUT2D eigenvalue weighted by atomic mass is 19.4. The highest BCUT2D eigenvalue weighted by molar-refractivity contribution is 5.81. The Morgan fingerprint density at radius 2 is 1.88 bits per heavy atom. The largest absolute Gasteiger partial charge is 0.451 e. The van der Waals surface area contributed by atoms with Crippen molar-refractivity contribution in [1.29, 1.82) is 0 Å². The van der Waals surface area contributed by atoms with E-state index in [1.807, 2.05) is 0 Å². The molecular formula is C12H9F3N2. The first-order chi connectivity index (χ1) is 8.02. The minimum atomic E-state index is -4.53. The van der Waals surface area contributed by atoms with Crippen LogP contribution in [0.15, 0.2) is 36.9 Å². The topological polar surface area (TPSA) is 25.8 Å². The average molecular weight is 238 g/mol. The van der Waals surface area contributed by atoms with Crippen molar-refractivity contribution in [3.8, 4) is 0 Å². The first kappa shape index (κ1) is 11.6. The molecule has 0 atom stereocenters. The SMILES string of the molecule is C=CCc1nc(C(F)(F)F)nc2ccccc12. The van der Waals surface area contributed by atoms with E-state index in [0.717, 1.165) is 0 Å². The maximum absolute atomic E-state index is 12.6. The summed E-state index contributed by atoms with van der Waals surface area (Å²) in [5, 5.41) is 0.625. The van der Waals surface area contributed by atoms with Crippen LogP contribution in [0.25, 0.3) is 10.9 Å². The third kappa shape index (κ3) is 2.27. The lowest BCUT2D eigenvalue weighted by Crippen LogP contribution is -2.12. The minimum absolute atomic E-state index is 0.284. The van der Waals surface area contributed by atoms with Crippen molar-refractivity contribution in [2.45, 2.75) is 12.6 Å². The second-order valence-electron chi connectivity index (χ2n) is 3.50. The fourth-order valence-corrected chi connectivity index (χ4v) is 1.56. The molecule has 17 heavy (non-hydrogen) atoms. The Morgan fingerprint density at radius 1 is 1.18 bits per heavy atom. The number of fused-ring (bicyclic) bond motifs is 1. The third-order valence-electron chi connectivity index (χ3n) is 2.27. The second kappa shape index (κ2) is 4.16. The molecule has 1 aromatic carbocycles. The standard InChI is InChI=1S/C12H9F3N2/c1-2-5-9-8-6-3-4-7-10(8)17-11(16-9)12(13,14)15/h2-4,6-7H,1,5H2. The Hall–Kier alpha value is -1.91. The number of hydrogen-bond donors (Lipinski definition) is 0. The van der Waals surface area contributed by atoms with Crippen LogP contribution in [-0.4, -0.2) is 9.97 Å². The zero-order chi connectivity index (χ0) is 12.5. The Bertz CT molecular complexity index is 561. The molecule has 0 fully saturated rings. The first-order valence-electron chi connectivity index (χ1n) is 4.96. The highest BCUT2D eigenvalue weighted by Crippen LogP contribution is 2.28. The summed E-state index contributed by atoms with van der Waals surface area (Å²) in [4.78, 5) is 7.07. The predicted molar refractivity (Wildman–Crippen MR) is 58.4 cm³/mol.